The zero-order valence-corrected chi connectivity index (χ0v) is 15.1. The van der Waals surface area contributed by atoms with Gasteiger partial charge in [-0.15, -0.1) is 0 Å². The maximum atomic E-state index is 12.1. The van der Waals surface area contributed by atoms with Gasteiger partial charge in [-0.2, -0.15) is 0 Å². The van der Waals surface area contributed by atoms with Crippen LogP contribution in [-0.4, -0.2) is 21.0 Å². The SMILES string of the molecule is Cc1cc(C)nc(OCc2cc(C(=O)NCc3cccc(Cl)c3)no2)n1. The van der Waals surface area contributed by atoms with Crippen LogP contribution in [0.2, 0.25) is 5.02 Å². The van der Waals surface area contributed by atoms with Crippen molar-refractivity contribution in [3.63, 3.8) is 0 Å². The zero-order valence-electron chi connectivity index (χ0n) is 14.3. The average molecular weight is 373 g/mol. The Morgan fingerprint density at radius 3 is 2.69 bits per heavy atom. The van der Waals surface area contributed by atoms with E-state index in [9.17, 15) is 4.79 Å². The molecule has 1 amide bonds. The number of carbonyl (C=O) groups excluding carboxylic acids is 1. The van der Waals surface area contributed by atoms with E-state index in [1.165, 1.54) is 6.07 Å². The van der Waals surface area contributed by atoms with Gasteiger partial charge in [0.1, 0.15) is 0 Å². The van der Waals surface area contributed by atoms with Crippen LogP contribution >= 0.6 is 11.6 Å². The molecule has 0 unspecified atom stereocenters. The van der Waals surface area contributed by atoms with Crippen molar-refractivity contribution in [3.05, 3.63) is 69.8 Å². The minimum atomic E-state index is -0.345. The summed E-state index contributed by atoms with van der Waals surface area (Å²) in [6, 6.07) is 10.9. The van der Waals surface area contributed by atoms with Crippen molar-refractivity contribution in [1.82, 2.24) is 20.4 Å². The van der Waals surface area contributed by atoms with Gasteiger partial charge >= 0.3 is 6.01 Å². The van der Waals surface area contributed by atoms with E-state index >= 15 is 0 Å². The molecule has 1 aromatic carbocycles. The maximum Gasteiger partial charge on any atom is 0.317 e. The molecule has 134 valence electrons. The summed E-state index contributed by atoms with van der Waals surface area (Å²) in [6.45, 7) is 4.14. The molecule has 26 heavy (non-hydrogen) atoms. The first kappa shape index (κ1) is 17.9. The number of nitrogens with one attached hydrogen (secondary N) is 1. The van der Waals surface area contributed by atoms with E-state index in [1.807, 2.05) is 32.0 Å². The fourth-order valence-corrected chi connectivity index (χ4v) is 2.51. The van der Waals surface area contributed by atoms with Crippen LogP contribution in [0.25, 0.3) is 0 Å². The van der Waals surface area contributed by atoms with Crippen molar-refractivity contribution in [2.24, 2.45) is 0 Å². The quantitative estimate of drug-likeness (QED) is 0.714. The van der Waals surface area contributed by atoms with E-state index in [-0.39, 0.29) is 24.2 Å². The average Bonchev–Trinajstić information content (AvgIpc) is 3.06. The lowest BCUT2D eigenvalue weighted by Crippen LogP contribution is -2.23. The number of aromatic nitrogens is 3. The molecule has 0 aliphatic heterocycles. The number of nitrogens with zero attached hydrogens (tertiary/aromatic N) is 3. The van der Waals surface area contributed by atoms with Crippen LogP contribution in [0.5, 0.6) is 6.01 Å². The summed E-state index contributed by atoms with van der Waals surface area (Å²) in [7, 11) is 0. The van der Waals surface area contributed by atoms with E-state index in [0.717, 1.165) is 17.0 Å². The second-order valence-corrected chi connectivity index (χ2v) is 6.15. The molecule has 0 aliphatic carbocycles. The highest BCUT2D eigenvalue weighted by atomic mass is 35.5. The normalized spacial score (nSPS) is 10.6. The molecule has 2 heterocycles. The molecule has 0 saturated carbocycles. The number of hydrogen-bond acceptors (Lipinski definition) is 6. The lowest BCUT2D eigenvalue weighted by atomic mass is 10.2. The summed E-state index contributed by atoms with van der Waals surface area (Å²) in [6.07, 6.45) is 0. The lowest BCUT2D eigenvalue weighted by Gasteiger charge is -2.03. The summed E-state index contributed by atoms with van der Waals surface area (Å²) in [4.78, 5) is 20.5. The van der Waals surface area contributed by atoms with E-state index < -0.39 is 0 Å². The Morgan fingerprint density at radius 2 is 1.96 bits per heavy atom. The van der Waals surface area contributed by atoms with Gasteiger partial charge in [-0.05, 0) is 37.6 Å². The highest BCUT2D eigenvalue weighted by molar-refractivity contribution is 6.30. The van der Waals surface area contributed by atoms with Gasteiger partial charge in [0.05, 0.1) is 0 Å². The fraction of sp³-hybridized carbons (Fsp3) is 0.222. The van der Waals surface area contributed by atoms with Gasteiger partial charge < -0.3 is 14.6 Å². The van der Waals surface area contributed by atoms with Gasteiger partial charge in [0.2, 0.25) is 0 Å². The Labute approximate surface area is 155 Å². The van der Waals surface area contributed by atoms with Gasteiger partial charge in [-0.3, -0.25) is 4.79 Å². The largest absolute Gasteiger partial charge is 0.455 e. The number of halogens is 1. The topological polar surface area (TPSA) is 90.1 Å². The Bertz CT molecular complexity index is 906. The number of aryl methyl sites for hydroxylation is 2. The molecular formula is C18H17ClN4O3. The van der Waals surface area contributed by atoms with Crippen LogP contribution in [-0.2, 0) is 13.2 Å². The first-order valence-electron chi connectivity index (χ1n) is 7.93. The number of ether oxygens (including phenoxy) is 1. The molecule has 0 radical (unpaired) electrons. The van der Waals surface area contributed by atoms with Crippen LogP contribution in [0.1, 0.15) is 33.2 Å². The van der Waals surface area contributed by atoms with Gasteiger partial charge in [0.15, 0.2) is 18.1 Å². The molecule has 0 aliphatic rings. The number of hydrogen-bond donors (Lipinski definition) is 1. The van der Waals surface area contributed by atoms with Gasteiger partial charge in [-0.1, -0.05) is 28.9 Å². The van der Waals surface area contributed by atoms with Crippen molar-refractivity contribution in [2.45, 2.75) is 27.0 Å². The Balaban J connectivity index is 1.55. The van der Waals surface area contributed by atoms with Crippen LogP contribution in [0.3, 0.4) is 0 Å². The third-order valence-corrected chi connectivity index (χ3v) is 3.67. The third-order valence-electron chi connectivity index (χ3n) is 3.44. The Morgan fingerprint density at radius 1 is 1.19 bits per heavy atom. The van der Waals surface area contributed by atoms with Crippen LogP contribution in [0.4, 0.5) is 0 Å². The number of benzene rings is 1. The monoisotopic (exact) mass is 372 g/mol. The summed E-state index contributed by atoms with van der Waals surface area (Å²) in [5.41, 5.74) is 2.69. The smallest absolute Gasteiger partial charge is 0.317 e. The summed E-state index contributed by atoms with van der Waals surface area (Å²) in [5.74, 6) is 0.0586. The minimum absolute atomic E-state index is 0.0808. The third kappa shape index (κ3) is 4.80. The molecular weight excluding hydrogens is 356 g/mol. The molecule has 2 aromatic heterocycles. The molecule has 0 fully saturated rings. The van der Waals surface area contributed by atoms with Crippen LogP contribution in [0.15, 0.2) is 40.9 Å². The molecule has 7 nitrogen and oxygen atoms in total. The molecule has 1 N–H and O–H groups in total. The summed E-state index contributed by atoms with van der Waals surface area (Å²) in [5, 5.41) is 7.14. The van der Waals surface area contributed by atoms with Crippen molar-refractivity contribution in [1.29, 1.82) is 0 Å². The molecule has 0 spiro atoms. The van der Waals surface area contributed by atoms with E-state index in [2.05, 4.69) is 20.4 Å². The van der Waals surface area contributed by atoms with Crippen molar-refractivity contribution in [2.75, 3.05) is 0 Å². The van der Waals surface area contributed by atoms with Crippen LogP contribution < -0.4 is 10.1 Å². The molecule has 0 atom stereocenters. The number of amides is 1. The number of rotatable bonds is 6. The first-order valence-corrected chi connectivity index (χ1v) is 8.31. The molecule has 0 saturated heterocycles. The predicted molar refractivity (Wildman–Crippen MR) is 95.0 cm³/mol. The van der Waals surface area contributed by atoms with Crippen LogP contribution in [0, 0.1) is 13.8 Å². The van der Waals surface area contributed by atoms with E-state index in [1.54, 1.807) is 12.1 Å². The highest BCUT2D eigenvalue weighted by Gasteiger charge is 2.13. The second kappa shape index (κ2) is 7.97. The predicted octanol–water partition coefficient (Wildman–Crippen LogP) is 3.24. The van der Waals surface area contributed by atoms with Gasteiger partial charge in [-0.25, -0.2) is 9.97 Å². The van der Waals surface area contributed by atoms with E-state index in [0.29, 0.717) is 17.3 Å². The fourth-order valence-electron chi connectivity index (χ4n) is 2.30. The zero-order chi connectivity index (χ0) is 18.5. The summed E-state index contributed by atoms with van der Waals surface area (Å²) >= 11 is 5.92. The van der Waals surface area contributed by atoms with Gasteiger partial charge in [0, 0.05) is 29.0 Å². The molecule has 3 rings (SSSR count). The maximum absolute atomic E-state index is 12.1. The van der Waals surface area contributed by atoms with Crippen molar-refractivity contribution in [3.8, 4) is 6.01 Å². The van der Waals surface area contributed by atoms with Crippen molar-refractivity contribution >= 4 is 17.5 Å². The van der Waals surface area contributed by atoms with Gasteiger partial charge in [0.25, 0.3) is 5.91 Å². The standard InChI is InChI=1S/C18H17ClN4O3/c1-11-6-12(2)22-18(21-11)25-10-15-8-16(23-26-15)17(24)20-9-13-4-3-5-14(19)7-13/h3-8H,9-10H2,1-2H3,(H,20,24). The minimum Gasteiger partial charge on any atom is -0.455 e. The first-order chi connectivity index (χ1) is 12.5. The Kier molecular flexibility index (Phi) is 5.48. The van der Waals surface area contributed by atoms with Crippen molar-refractivity contribution < 1.29 is 14.1 Å². The second-order valence-electron chi connectivity index (χ2n) is 5.71. The molecule has 0 bridgehead atoms. The molecule has 8 heteroatoms. The summed E-state index contributed by atoms with van der Waals surface area (Å²) < 4.78 is 10.6. The van der Waals surface area contributed by atoms with E-state index in [4.69, 9.17) is 20.9 Å². The lowest BCUT2D eigenvalue weighted by molar-refractivity contribution is 0.0941. The highest BCUT2D eigenvalue weighted by Crippen LogP contribution is 2.12. The molecule has 3 aromatic rings. The Hall–Kier alpha value is -2.93. The number of carbonyl (C=O) groups is 1.